The Balaban J connectivity index is 2.48. The van der Waals surface area contributed by atoms with Crippen LogP contribution in [0.5, 0.6) is 0 Å². The molecular formula is C12H21N3O. The van der Waals surface area contributed by atoms with E-state index < -0.39 is 0 Å². The smallest absolute Gasteiger partial charge is 0.0772 e. The molecule has 4 nitrogen and oxygen atoms in total. The van der Waals surface area contributed by atoms with E-state index >= 15 is 0 Å². The topological polar surface area (TPSA) is 62.4 Å². The first kappa shape index (κ1) is 12.9. The van der Waals surface area contributed by atoms with Gasteiger partial charge in [0.2, 0.25) is 0 Å². The van der Waals surface area contributed by atoms with Crippen molar-refractivity contribution >= 4 is 5.69 Å². The third-order valence-electron chi connectivity index (χ3n) is 2.62. The third kappa shape index (κ3) is 3.79. The lowest BCUT2D eigenvalue weighted by Gasteiger charge is -2.21. The van der Waals surface area contributed by atoms with Gasteiger partial charge in [0.05, 0.1) is 11.4 Å². The molecule has 0 aliphatic carbocycles. The first-order valence-corrected chi connectivity index (χ1v) is 5.75. The van der Waals surface area contributed by atoms with Gasteiger partial charge in [0.1, 0.15) is 0 Å². The molecule has 0 unspecified atom stereocenters. The van der Waals surface area contributed by atoms with Crippen LogP contribution in [-0.4, -0.2) is 30.3 Å². The predicted molar refractivity (Wildman–Crippen MR) is 66.3 cm³/mol. The van der Waals surface area contributed by atoms with Gasteiger partial charge in [-0.3, -0.25) is 4.98 Å². The summed E-state index contributed by atoms with van der Waals surface area (Å²) < 4.78 is 0. The number of hydrogen-bond donors (Lipinski definition) is 2. The van der Waals surface area contributed by atoms with Crippen LogP contribution in [0.1, 0.15) is 25.0 Å². The fourth-order valence-corrected chi connectivity index (χ4v) is 1.69. The number of rotatable bonds is 7. The van der Waals surface area contributed by atoms with Crippen molar-refractivity contribution in [1.82, 2.24) is 4.98 Å². The van der Waals surface area contributed by atoms with Crippen LogP contribution >= 0.6 is 0 Å². The van der Waals surface area contributed by atoms with E-state index in [1.54, 1.807) is 6.20 Å². The normalized spacial score (nSPS) is 10.4. The van der Waals surface area contributed by atoms with E-state index in [9.17, 15) is 0 Å². The number of aromatic nitrogens is 1. The van der Waals surface area contributed by atoms with Crippen LogP contribution in [0.4, 0.5) is 5.69 Å². The summed E-state index contributed by atoms with van der Waals surface area (Å²) in [6.07, 6.45) is 4.78. The Labute approximate surface area is 97.1 Å². The van der Waals surface area contributed by atoms with Gasteiger partial charge in [0, 0.05) is 32.9 Å². The first-order chi connectivity index (χ1) is 7.79. The van der Waals surface area contributed by atoms with Gasteiger partial charge in [-0.1, -0.05) is 0 Å². The molecule has 1 rings (SSSR count). The monoisotopic (exact) mass is 223 g/mol. The molecule has 0 aliphatic heterocycles. The summed E-state index contributed by atoms with van der Waals surface area (Å²) in [6.45, 7) is 1.72. The van der Waals surface area contributed by atoms with Gasteiger partial charge < -0.3 is 15.7 Å². The average Bonchev–Trinajstić information content (AvgIpc) is 2.34. The van der Waals surface area contributed by atoms with Crippen LogP contribution in [0, 0.1) is 0 Å². The summed E-state index contributed by atoms with van der Waals surface area (Å²) in [5.74, 6) is 0. The number of nitrogens with zero attached hydrogens (tertiary/aromatic N) is 2. The van der Waals surface area contributed by atoms with Crippen molar-refractivity contribution in [2.24, 2.45) is 5.73 Å². The fourth-order valence-electron chi connectivity index (χ4n) is 1.69. The summed E-state index contributed by atoms with van der Waals surface area (Å²) in [5.41, 5.74) is 7.69. The highest BCUT2D eigenvalue weighted by Gasteiger charge is 2.05. The maximum Gasteiger partial charge on any atom is 0.0772 e. The largest absolute Gasteiger partial charge is 0.396 e. The van der Waals surface area contributed by atoms with Crippen molar-refractivity contribution in [3.05, 3.63) is 24.0 Å². The summed E-state index contributed by atoms with van der Waals surface area (Å²) in [6, 6.07) is 3.97. The molecule has 0 saturated heterocycles. The zero-order chi connectivity index (χ0) is 11.8. The number of aliphatic hydroxyl groups excluding tert-OH is 1. The second-order valence-corrected chi connectivity index (χ2v) is 3.88. The summed E-state index contributed by atoms with van der Waals surface area (Å²) in [4.78, 5) is 6.43. The molecule has 0 aromatic carbocycles. The molecule has 1 heterocycles. The summed E-state index contributed by atoms with van der Waals surface area (Å²) in [5, 5.41) is 8.69. The van der Waals surface area contributed by atoms with Crippen LogP contribution in [0.25, 0.3) is 0 Å². The van der Waals surface area contributed by atoms with Gasteiger partial charge in [0.15, 0.2) is 0 Å². The minimum Gasteiger partial charge on any atom is -0.396 e. The van der Waals surface area contributed by atoms with Crippen molar-refractivity contribution in [2.45, 2.75) is 25.8 Å². The molecule has 3 N–H and O–H groups in total. The van der Waals surface area contributed by atoms with Gasteiger partial charge >= 0.3 is 0 Å². The molecule has 0 fully saturated rings. The van der Waals surface area contributed by atoms with E-state index in [-0.39, 0.29) is 6.61 Å². The molecule has 0 saturated carbocycles. The van der Waals surface area contributed by atoms with Crippen molar-refractivity contribution in [2.75, 3.05) is 25.1 Å². The highest BCUT2D eigenvalue weighted by Crippen LogP contribution is 2.16. The molecule has 4 heteroatoms. The van der Waals surface area contributed by atoms with E-state index in [4.69, 9.17) is 10.8 Å². The molecule has 0 spiro atoms. The van der Waals surface area contributed by atoms with Gasteiger partial charge in [-0.2, -0.15) is 0 Å². The van der Waals surface area contributed by atoms with Gasteiger partial charge in [-0.15, -0.1) is 0 Å². The van der Waals surface area contributed by atoms with Crippen LogP contribution < -0.4 is 10.6 Å². The number of hydrogen-bond acceptors (Lipinski definition) is 4. The Morgan fingerprint density at radius 1 is 1.38 bits per heavy atom. The van der Waals surface area contributed by atoms with E-state index in [0.717, 1.165) is 37.2 Å². The quantitative estimate of drug-likeness (QED) is 0.680. The van der Waals surface area contributed by atoms with Crippen molar-refractivity contribution in [1.29, 1.82) is 0 Å². The second-order valence-electron chi connectivity index (χ2n) is 3.88. The van der Waals surface area contributed by atoms with Crippen LogP contribution in [0.3, 0.4) is 0 Å². The molecule has 0 amide bonds. The molecule has 1 aromatic heterocycles. The van der Waals surface area contributed by atoms with Gasteiger partial charge in [-0.25, -0.2) is 0 Å². The second kappa shape index (κ2) is 7.19. The lowest BCUT2D eigenvalue weighted by atomic mass is 10.2. The van der Waals surface area contributed by atoms with Crippen LogP contribution in [-0.2, 0) is 6.54 Å². The maximum absolute atomic E-state index is 8.69. The zero-order valence-electron chi connectivity index (χ0n) is 9.89. The lowest BCUT2D eigenvalue weighted by Crippen LogP contribution is -2.21. The van der Waals surface area contributed by atoms with E-state index in [2.05, 4.69) is 16.9 Å². The highest BCUT2D eigenvalue weighted by atomic mass is 16.2. The first-order valence-electron chi connectivity index (χ1n) is 5.75. The van der Waals surface area contributed by atoms with Crippen molar-refractivity contribution < 1.29 is 5.11 Å². The van der Waals surface area contributed by atoms with Crippen molar-refractivity contribution in [3.8, 4) is 0 Å². The summed E-state index contributed by atoms with van der Waals surface area (Å²) in [7, 11) is 2.05. The Morgan fingerprint density at radius 2 is 2.19 bits per heavy atom. The Bertz CT molecular complexity index is 304. The van der Waals surface area contributed by atoms with Gasteiger partial charge in [-0.05, 0) is 31.4 Å². The molecular weight excluding hydrogens is 202 g/mol. The Morgan fingerprint density at radius 3 is 2.88 bits per heavy atom. The number of pyridine rings is 1. The van der Waals surface area contributed by atoms with E-state index in [1.165, 1.54) is 0 Å². The number of unbranched alkanes of at least 4 members (excludes halogenated alkanes) is 2. The zero-order valence-corrected chi connectivity index (χ0v) is 9.89. The van der Waals surface area contributed by atoms with E-state index in [1.807, 2.05) is 12.1 Å². The standard InChI is InChI=1S/C12H21N3O/c1-15(8-3-2-4-9-16)12-6-5-7-14-11(12)10-13/h5-7,16H,2-4,8-10,13H2,1H3. The summed E-state index contributed by atoms with van der Waals surface area (Å²) >= 11 is 0. The van der Waals surface area contributed by atoms with Crippen LogP contribution in [0.2, 0.25) is 0 Å². The van der Waals surface area contributed by atoms with E-state index in [0.29, 0.717) is 6.54 Å². The molecule has 16 heavy (non-hydrogen) atoms. The SMILES string of the molecule is CN(CCCCCO)c1cccnc1CN. The third-order valence-corrected chi connectivity index (χ3v) is 2.62. The average molecular weight is 223 g/mol. The Hall–Kier alpha value is -1.13. The minimum atomic E-state index is 0.282. The minimum absolute atomic E-state index is 0.282. The molecule has 90 valence electrons. The molecule has 1 aromatic rings. The number of nitrogens with two attached hydrogens (primary N) is 1. The van der Waals surface area contributed by atoms with Gasteiger partial charge in [0.25, 0.3) is 0 Å². The fraction of sp³-hybridized carbons (Fsp3) is 0.583. The molecule has 0 bridgehead atoms. The van der Waals surface area contributed by atoms with Crippen LogP contribution in [0.15, 0.2) is 18.3 Å². The Kier molecular flexibility index (Phi) is 5.82. The number of aliphatic hydroxyl groups is 1. The number of anilines is 1. The maximum atomic E-state index is 8.69. The predicted octanol–water partition coefficient (Wildman–Crippen LogP) is 1.14. The molecule has 0 aliphatic rings. The molecule has 0 radical (unpaired) electrons. The lowest BCUT2D eigenvalue weighted by molar-refractivity contribution is 0.283. The highest BCUT2D eigenvalue weighted by molar-refractivity contribution is 5.49. The molecule has 0 atom stereocenters. The van der Waals surface area contributed by atoms with Crippen molar-refractivity contribution in [3.63, 3.8) is 0 Å².